The van der Waals surface area contributed by atoms with Crippen LogP contribution >= 0.6 is 0 Å². The standard InChI is InChI=1S/C2H7NO3/c3-1-2(4,5)6/h4-6H,1,3H2. The van der Waals surface area contributed by atoms with E-state index in [4.69, 9.17) is 15.3 Å². The topological polar surface area (TPSA) is 86.7 Å². The fraction of sp³-hybridized carbons (Fsp3) is 1.00. The van der Waals surface area contributed by atoms with E-state index in [9.17, 15) is 0 Å². The zero-order valence-corrected chi connectivity index (χ0v) is 3.13. The van der Waals surface area contributed by atoms with E-state index in [0.29, 0.717) is 0 Å². The van der Waals surface area contributed by atoms with Gasteiger partial charge in [0, 0.05) is 0 Å². The normalized spacial score (nSPS) is 12.0. The van der Waals surface area contributed by atoms with E-state index in [-0.39, 0.29) is 0 Å². The molecule has 0 atom stereocenters. The monoisotopic (exact) mass is 93.0 g/mol. The second-order valence-corrected chi connectivity index (χ2v) is 0.978. The molecule has 0 bridgehead atoms. The zero-order valence-electron chi connectivity index (χ0n) is 3.13. The van der Waals surface area contributed by atoms with E-state index in [1.807, 2.05) is 0 Å². The van der Waals surface area contributed by atoms with Gasteiger partial charge in [0.05, 0.1) is 6.54 Å². The number of aliphatic hydroxyl groups is 3. The van der Waals surface area contributed by atoms with E-state index in [1.54, 1.807) is 0 Å². The second kappa shape index (κ2) is 1.53. The first-order chi connectivity index (χ1) is 2.56. The highest BCUT2D eigenvalue weighted by Gasteiger charge is 2.12. The molecule has 0 aliphatic rings. The first kappa shape index (κ1) is 5.84. The van der Waals surface area contributed by atoms with Crippen molar-refractivity contribution in [2.24, 2.45) is 5.73 Å². The van der Waals surface area contributed by atoms with Crippen molar-refractivity contribution >= 4 is 0 Å². The van der Waals surface area contributed by atoms with Gasteiger partial charge in [-0.05, 0) is 0 Å². The Morgan fingerprint density at radius 1 is 1.33 bits per heavy atom. The second-order valence-electron chi connectivity index (χ2n) is 0.978. The molecule has 5 N–H and O–H groups in total. The molecule has 6 heavy (non-hydrogen) atoms. The number of nitrogens with two attached hydrogens (primary N) is 1. The van der Waals surface area contributed by atoms with Gasteiger partial charge in [0.2, 0.25) is 0 Å². The summed E-state index contributed by atoms with van der Waals surface area (Å²) in [7, 11) is 0. The Morgan fingerprint density at radius 2 is 1.50 bits per heavy atom. The summed E-state index contributed by atoms with van der Waals surface area (Å²) in [5.41, 5.74) is 4.56. The molecule has 0 aromatic carbocycles. The molecule has 38 valence electrons. The molecule has 0 saturated carbocycles. The van der Waals surface area contributed by atoms with Crippen LogP contribution in [0.25, 0.3) is 0 Å². The number of hydrogen-bond acceptors (Lipinski definition) is 4. The van der Waals surface area contributed by atoms with E-state index >= 15 is 0 Å². The van der Waals surface area contributed by atoms with Crippen LogP contribution in [0.3, 0.4) is 0 Å². The molecule has 0 aromatic rings. The van der Waals surface area contributed by atoms with Crippen LogP contribution in [0.1, 0.15) is 0 Å². The van der Waals surface area contributed by atoms with Crippen molar-refractivity contribution in [3.63, 3.8) is 0 Å². The molecular weight excluding hydrogens is 86.0 g/mol. The maximum absolute atomic E-state index is 7.81. The summed E-state index contributed by atoms with van der Waals surface area (Å²) in [4.78, 5) is 0. The molecule has 0 heterocycles. The predicted molar refractivity (Wildman–Crippen MR) is 18.4 cm³/mol. The smallest absolute Gasteiger partial charge is 0.288 e. The van der Waals surface area contributed by atoms with Gasteiger partial charge in [-0.15, -0.1) is 0 Å². The third-order valence-electron chi connectivity index (χ3n) is 0.274. The van der Waals surface area contributed by atoms with Gasteiger partial charge in [0.25, 0.3) is 5.97 Å². The lowest BCUT2D eigenvalue weighted by Crippen LogP contribution is -2.36. The molecule has 0 saturated heterocycles. The Kier molecular flexibility index (Phi) is 1.48. The molecule has 0 unspecified atom stereocenters. The SMILES string of the molecule is NCC(O)(O)O. The average Bonchev–Trinajstić information content (AvgIpc) is 1.35. The van der Waals surface area contributed by atoms with Crippen LogP contribution < -0.4 is 5.73 Å². The summed E-state index contributed by atoms with van der Waals surface area (Å²) in [6, 6.07) is 0. The van der Waals surface area contributed by atoms with E-state index in [0.717, 1.165) is 0 Å². The lowest BCUT2D eigenvalue weighted by Gasteiger charge is -2.07. The van der Waals surface area contributed by atoms with Crippen LogP contribution in [0.5, 0.6) is 0 Å². The van der Waals surface area contributed by atoms with Gasteiger partial charge in [-0.1, -0.05) is 0 Å². The molecule has 4 nitrogen and oxygen atoms in total. The summed E-state index contributed by atoms with van der Waals surface area (Å²) >= 11 is 0. The summed E-state index contributed by atoms with van der Waals surface area (Å²) < 4.78 is 0. The van der Waals surface area contributed by atoms with Gasteiger partial charge < -0.3 is 21.1 Å². The Hall–Kier alpha value is -0.160. The van der Waals surface area contributed by atoms with Crippen molar-refractivity contribution in [3.05, 3.63) is 0 Å². The van der Waals surface area contributed by atoms with Crippen LogP contribution in [0, 0.1) is 0 Å². The minimum atomic E-state index is -2.68. The molecule has 0 rings (SSSR count). The van der Waals surface area contributed by atoms with E-state index < -0.39 is 12.5 Å². The Morgan fingerprint density at radius 3 is 1.50 bits per heavy atom. The summed E-state index contributed by atoms with van der Waals surface area (Å²) in [6.07, 6.45) is 0. The van der Waals surface area contributed by atoms with Gasteiger partial charge in [-0.3, -0.25) is 0 Å². The summed E-state index contributed by atoms with van der Waals surface area (Å²) in [5.74, 6) is -2.68. The average molecular weight is 93.1 g/mol. The number of hydrogen-bond donors (Lipinski definition) is 4. The molecule has 0 spiro atoms. The lowest BCUT2D eigenvalue weighted by molar-refractivity contribution is -0.302. The van der Waals surface area contributed by atoms with E-state index in [1.165, 1.54) is 0 Å². The molecule has 0 aromatic heterocycles. The maximum Gasteiger partial charge on any atom is 0.288 e. The minimum Gasteiger partial charge on any atom is -0.343 e. The third kappa shape index (κ3) is 3.84. The molecule has 0 aliphatic heterocycles. The zero-order chi connectivity index (χ0) is 5.21. The van der Waals surface area contributed by atoms with Crippen LogP contribution in [0.2, 0.25) is 0 Å². The van der Waals surface area contributed by atoms with Crippen molar-refractivity contribution in [1.29, 1.82) is 0 Å². The van der Waals surface area contributed by atoms with Crippen molar-refractivity contribution in [2.45, 2.75) is 5.97 Å². The quantitative estimate of drug-likeness (QED) is 0.272. The van der Waals surface area contributed by atoms with Gasteiger partial charge in [-0.2, -0.15) is 0 Å². The van der Waals surface area contributed by atoms with Crippen molar-refractivity contribution < 1.29 is 15.3 Å². The Labute approximate surface area is 34.8 Å². The van der Waals surface area contributed by atoms with Crippen LogP contribution in [-0.2, 0) is 0 Å². The highest BCUT2D eigenvalue weighted by atomic mass is 16.7. The molecule has 0 radical (unpaired) electrons. The third-order valence-corrected chi connectivity index (χ3v) is 0.274. The van der Waals surface area contributed by atoms with Gasteiger partial charge in [-0.25, -0.2) is 0 Å². The highest BCUT2D eigenvalue weighted by molar-refractivity contribution is 4.41. The largest absolute Gasteiger partial charge is 0.343 e. The van der Waals surface area contributed by atoms with Gasteiger partial charge in [0.15, 0.2) is 0 Å². The number of rotatable bonds is 1. The summed E-state index contributed by atoms with van der Waals surface area (Å²) in [5, 5.41) is 23.4. The predicted octanol–water partition coefficient (Wildman–Crippen LogP) is -2.42. The minimum absolute atomic E-state index is 0.562. The lowest BCUT2D eigenvalue weighted by atomic mass is 10.6. The first-order valence-electron chi connectivity index (χ1n) is 1.43. The Balaban J connectivity index is 3.17. The van der Waals surface area contributed by atoms with Gasteiger partial charge in [0.1, 0.15) is 0 Å². The van der Waals surface area contributed by atoms with Gasteiger partial charge >= 0.3 is 0 Å². The highest BCUT2D eigenvalue weighted by Crippen LogP contribution is 1.82. The molecule has 0 fully saturated rings. The molecule has 4 heteroatoms. The van der Waals surface area contributed by atoms with Crippen LogP contribution in [0.4, 0.5) is 0 Å². The summed E-state index contributed by atoms with van der Waals surface area (Å²) in [6.45, 7) is -0.562. The Bertz CT molecular complexity index is 38.5. The molecular formula is C2H7NO3. The van der Waals surface area contributed by atoms with Crippen molar-refractivity contribution in [3.8, 4) is 0 Å². The van der Waals surface area contributed by atoms with E-state index in [2.05, 4.69) is 5.73 Å². The molecule has 0 aliphatic carbocycles. The fourth-order valence-electron chi connectivity index (χ4n) is 0. The van der Waals surface area contributed by atoms with Crippen LogP contribution in [-0.4, -0.2) is 27.8 Å². The first-order valence-corrected chi connectivity index (χ1v) is 1.43. The molecule has 0 amide bonds. The maximum atomic E-state index is 7.81. The van der Waals surface area contributed by atoms with Crippen molar-refractivity contribution in [1.82, 2.24) is 0 Å². The van der Waals surface area contributed by atoms with Crippen LogP contribution in [0.15, 0.2) is 0 Å². The fourth-order valence-corrected chi connectivity index (χ4v) is 0. The van der Waals surface area contributed by atoms with Crippen molar-refractivity contribution in [2.75, 3.05) is 6.54 Å².